The lowest BCUT2D eigenvalue weighted by molar-refractivity contribution is 0.0474. The number of carbonyl (C=O) groups is 2. The van der Waals surface area contributed by atoms with Crippen LogP contribution in [0.2, 0.25) is 0 Å². The smallest absolute Gasteiger partial charge is 0.338 e. The van der Waals surface area contributed by atoms with Crippen molar-refractivity contribution >= 4 is 27.5 Å². The van der Waals surface area contributed by atoms with Gasteiger partial charge in [-0.2, -0.15) is 0 Å². The maximum atomic E-state index is 13.0. The van der Waals surface area contributed by atoms with E-state index in [0.717, 1.165) is 12.0 Å². The molecule has 0 heterocycles. The zero-order valence-electron chi connectivity index (χ0n) is 18.0. The first-order valence-electron chi connectivity index (χ1n) is 10.3. The molecule has 0 N–H and O–H groups in total. The maximum absolute atomic E-state index is 13.0. The topological polar surface area (TPSA) is 80.8 Å². The van der Waals surface area contributed by atoms with Gasteiger partial charge in [0.1, 0.15) is 0 Å². The Balaban J connectivity index is 1.67. The van der Waals surface area contributed by atoms with Crippen LogP contribution >= 0.6 is 0 Å². The summed E-state index contributed by atoms with van der Waals surface area (Å²) in [6.45, 7) is 3.65. The molecule has 0 bridgehead atoms. The van der Waals surface area contributed by atoms with Gasteiger partial charge in [0.25, 0.3) is 10.0 Å². The molecular formula is C25H25NO5S. The second-order valence-corrected chi connectivity index (χ2v) is 8.94. The SMILES string of the molecule is CCc1ccc(C(=O)COC(=O)c2ccc(S(=O)(=O)N(CC)c3ccccc3)cc2)cc1. The van der Waals surface area contributed by atoms with E-state index in [-0.39, 0.29) is 29.4 Å². The van der Waals surface area contributed by atoms with Gasteiger partial charge in [0.2, 0.25) is 0 Å². The Hall–Kier alpha value is -3.45. The van der Waals surface area contributed by atoms with Gasteiger partial charge in [0.05, 0.1) is 16.1 Å². The fraction of sp³-hybridized carbons (Fsp3) is 0.200. The number of aryl methyl sites for hydroxylation is 1. The molecule has 0 spiro atoms. The Bertz CT molecular complexity index is 1170. The lowest BCUT2D eigenvalue weighted by Crippen LogP contribution is -2.30. The van der Waals surface area contributed by atoms with Crippen LogP contribution in [0.3, 0.4) is 0 Å². The molecule has 0 radical (unpaired) electrons. The minimum atomic E-state index is -3.79. The van der Waals surface area contributed by atoms with Crippen molar-refractivity contribution in [2.75, 3.05) is 17.5 Å². The third-order valence-electron chi connectivity index (χ3n) is 5.03. The largest absolute Gasteiger partial charge is 0.454 e. The molecule has 32 heavy (non-hydrogen) atoms. The molecule has 0 fully saturated rings. The number of para-hydroxylation sites is 1. The fourth-order valence-electron chi connectivity index (χ4n) is 3.20. The summed E-state index contributed by atoms with van der Waals surface area (Å²) < 4.78 is 32.5. The van der Waals surface area contributed by atoms with E-state index in [9.17, 15) is 18.0 Å². The number of benzene rings is 3. The van der Waals surface area contributed by atoms with Crippen molar-refractivity contribution in [3.8, 4) is 0 Å². The molecule has 0 aliphatic carbocycles. The molecule has 0 aliphatic rings. The average molecular weight is 452 g/mol. The van der Waals surface area contributed by atoms with Gasteiger partial charge in [-0.25, -0.2) is 13.2 Å². The quantitative estimate of drug-likeness (QED) is 0.353. The predicted octanol–water partition coefficient (Wildman–Crippen LogP) is 4.50. The highest BCUT2D eigenvalue weighted by atomic mass is 32.2. The molecule has 0 atom stereocenters. The third kappa shape index (κ3) is 5.23. The van der Waals surface area contributed by atoms with E-state index in [1.807, 2.05) is 25.1 Å². The lowest BCUT2D eigenvalue weighted by Gasteiger charge is -2.22. The summed E-state index contributed by atoms with van der Waals surface area (Å²) in [5.41, 5.74) is 2.31. The van der Waals surface area contributed by atoms with Crippen LogP contribution in [0.5, 0.6) is 0 Å². The monoisotopic (exact) mass is 451 g/mol. The summed E-state index contributed by atoms with van der Waals surface area (Å²) in [5.74, 6) is -0.996. The van der Waals surface area contributed by atoms with Gasteiger partial charge >= 0.3 is 5.97 Å². The number of hydrogen-bond donors (Lipinski definition) is 0. The van der Waals surface area contributed by atoms with E-state index in [1.165, 1.54) is 28.6 Å². The van der Waals surface area contributed by atoms with Crippen molar-refractivity contribution < 1.29 is 22.7 Å². The molecule has 0 saturated heterocycles. The van der Waals surface area contributed by atoms with Crippen molar-refractivity contribution in [1.29, 1.82) is 0 Å². The highest BCUT2D eigenvalue weighted by Crippen LogP contribution is 2.23. The van der Waals surface area contributed by atoms with Crippen LogP contribution in [0, 0.1) is 0 Å². The van der Waals surface area contributed by atoms with E-state index in [4.69, 9.17) is 4.74 Å². The Morgan fingerprint density at radius 1 is 0.812 bits per heavy atom. The first-order valence-corrected chi connectivity index (χ1v) is 11.8. The number of ketones is 1. The van der Waals surface area contributed by atoms with Gasteiger partial charge in [-0.1, -0.05) is 49.4 Å². The highest BCUT2D eigenvalue weighted by Gasteiger charge is 2.24. The van der Waals surface area contributed by atoms with E-state index in [0.29, 0.717) is 11.3 Å². The van der Waals surface area contributed by atoms with E-state index >= 15 is 0 Å². The molecule has 0 amide bonds. The highest BCUT2D eigenvalue weighted by molar-refractivity contribution is 7.92. The number of ether oxygens (including phenoxy) is 1. The summed E-state index contributed by atoms with van der Waals surface area (Å²) >= 11 is 0. The van der Waals surface area contributed by atoms with Crippen LogP contribution in [0.1, 0.15) is 40.1 Å². The van der Waals surface area contributed by atoms with Gasteiger partial charge < -0.3 is 4.74 Å². The Kier molecular flexibility index (Phi) is 7.43. The Morgan fingerprint density at radius 3 is 1.97 bits per heavy atom. The number of Topliss-reactive ketones (excluding diaryl/α,β-unsaturated/α-hetero) is 1. The van der Waals surface area contributed by atoms with Crippen LogP contribution in [0.25, 0.3) is 0 Å². The van der Waals surface area contributed by atoms with Crippen molar-refractivity contribution in [2.24, 2.45) is 0 Å². The number of rotatable bonds is 9. The minimum absolute atomic E-state index is 0.0619. The van der Waals surface area contributed by atoms with Crippen molar-refractivity contribution in [3.05, 3.63) is 95.6 Å². The number of anilines is 1. The average Bonchev–Trinajstić information content (AvgIpc) is 2.83. The van der Waals surface area contributed by atoms with Crippen molar-refractivity contribution in [2.45, 2.75) is 25.2 Å². The summed E-state index contributed by atoms with van der Waals surface area (Å²) in [7, 11) is -3.79. The molecule has 166 valence electrons. The summed E-state index contributed by atoms with van der Waals surface area (Å²) in [5, 5.41) is 0. The number of nitrogens with zero attached hydrogens (tertiary/aromatic N) is 1. The molecule has 3 aromatic rings. The number of esters is 1. The molecule has 0 unspecified atom stereocenters. The number of hydrogen-bond acceptors (Lipinski definition) is 5. The van der Waals surface area contributed by atoms with Crippen molar-refractivity contribution in [1.82, 2.24) is 0 Å². The molecule has 3 rings (SSSR count). The number of carbonyl (C=O) groups excluding carboxylic acids is 2. The number of sulfonamides is 1. The van der Waals surface area contributed by atoms with Crippen LogP contribution in [0.4, 0.5) is 5.69 Å². The molecule has 0 aromatic heterocycles. The van der Waals surface area contributed by atoms with Gasteiger partial charge in [-0.3, -0.25) is 9.10 Å². The van der Waals surface area contributed by atoms with E-state index < -0.39 is 16.0 Å². The van der Waals surface area contributed by atoms with Crippen LogP contribution < -0.4 is 4.31 Å². The van der Waals surface area contributed by atoms with E-state index in [1.54, 1.807) is 43.3 Å². The molecule has 0 aliphatic heterocycles. The molecular weight excluding hydrogens is 426 g/mol. The fourth-order valence-corrected chi connectivity index (χ4v) is 4.67. The van der Waals surface area contributed by atoms with Crippen LogP contribution in [-0.2, 0) is 21.2 Å². The van der Waals surface area contributed by atoms with Crippen LogP contribution in [-0.4, -0.2) is 33.3 Å². The molecule has 3 aromatic carbocycles. The van der Waals surface area contributed by atoms with Crippen molar-refractivity contribution in [3.63, 3.8) is 0 Å². The van der Waals surface area contributed by atoms with Gasteiger partial charge in [0.15, 0.2) is 12.4 Å². The Morgan fingerprint density at radius 2 is 1.41 bits per heavy atom. The molecule has 7 heteroatoms. The minimum Gasteiger partial charge on any atom is -0.454 e. The summed E-state index contributed by atoms with van der Waals surface area (Å²) in [6.07, 6.45) is 0.872. The first kappa shape index (κ1) is 23.2. The summed E-state index contributed by atoms with van der Waals surface area (Å²) in [6, 6.07) is 21.4. The standard InChI is InChI=1S/C25H25NO5S/c1-3-19-10-12-20(13-11-19)24(27)18-31-25(28)21-14-16-23(17-15-21)32(29,30)26(4-2)22-8-6-5-7-9-22/h5-17H,3-4,18H2,1-2H3. The lowest BCUT2D eigenvalue weighted by atomic mass is 10.1. The molecule has 0 saturated carbocycles. The van der Waals surface area contributed by atoms with Gasteiger partial charge in [-0.15, -0.1) is 0 Å². The second kappa shape index (κ2) is 10.2. The van der Waals surface area contributed by atoms with E-state index in [2.05, 4.69) is 0 Å². The van der Waals surface area contributed by atoms with Gasteiger partial charge in [0, 0.05) is 12.1 Å². The maximum Gasteiger partial charge on any atom is 0.338 e. The van der Waals surface area contributed by atoms with Crippen LogP contribution in [0.15, 0.2) is 83.8 Å². The zero-order valence-corrected chi connectivity index (χ0v) is 18.8. The Labute approximate surface area is 188 Å². The third-order valence-corrected chi connectivity index (χ3v) is 6.95. The second-order valence-electron chi connectivity index (χ2n) is 7.08. The zero-order chi connectivity index (χ0) is 23.1. The normalized spacial score (nSPS) is 11.1. The van der Waals surface area contributed by atoms with Gasteiger partial charge in [-0.05, 0) is 55.3 Å². The predicted molar refractivity (Wildman–Crippen MR) is 124 cm³/mol. The summed E-state index contributed by atoms with van der Waals surface area (Å²) in [4.78, 5) is 24.6. The molecule has 6 nitrogen and oxygen atoms in total. The first-order chi connectivity index (χ1) is 15.4.